The van der Waals surface area contributed by atoms with Gasteiger partial charge in [-0.1, -0.05) is 130 Å². The van der Waals surface area contributed by atoms with Crippen LogP contribution in [0.2, 0.25) is 0 Å². The van der Waals surface area contributed by atoms with Gasteiger partial charge in [0.1, 0.15) is 13.2 Å². The SMILES string of the molecule is CCCCCCCCCCCCCCCC(=O)OCCOC(=O)[C@H](CCC)CCCCCC. The van der Waals surface area contributed by atoms with Crippen molar-refractivity contribution in [1.82, 2.24) is 0 Å². The summed E-state index contributed by atoms with van der Waals surface area (Å²) < 4.78 is 10.6. The molecule has 0 rings (SSSR count). The summed E-state index contributed by atoms with van der Waals surface area (Å²) in [5.41, 5.74) is 0. The van der Waals surface area contributed by atoms with Gasteiger partial charge in [-0.15, -0.1) is 0 Å². The Morgan fingerprint density at radius 3 is 1.48 bits per heavy atom. The summed E-state index contributed by atoms with van der Waals surface area (Å²) in [7, 11) is 0. The van der Waals surface area contributed by atoms with Gasteiger partial charge in [0.25, 0.3) is 0 Å². The molecule has 0 saturated heterocycles. The average molecular weight is 469 g/mol. The Kier molecular flexibility index (Phi) is 24.7. The highest BCUT2D eigenvalue weighted by Crippen LogP contribution is 2.18. The number of carbonyl (C=O) groups excluding carboxylic acids is 2. The lowest BCUT2D eigenvalue weighted by molar-refractivity contribution is -0.155. The normalized spacial score (nSPS) is 12.0. The van der Waals surface area contributed by atoms with Crippen molar-refractivity contribution in [3.63, 3.8) is 0 Å². The van der Waals surface area contributed by atoms with Crippen LogP contribution in [-0.4, -0.2) is 25.2 Å². The van der Waals surface area contributed by atoms with E-state index in [1.807, 2.05) is 0 Å². The Balaban J connectivity index is 3.54. The van der Waals surface area contributed by atoms with Gasteiger partial charge in [-0.3, -0.25) is 9.59 Å². The Labute approximate surface area is 206 Å². The third-order valence-corrected chi connectivity index (χ3v) is 6.45. The molecule has 1 atom stereocenters. The summed E-state index contributed by atoms with van der Waals surface area (Å²) in [6.45, 7) is 6.92. The highest BCUT2D eigenvalue weighted by atomic mass is 16.6. The molecule has 0 aliphatic rings. The monoisotopic (exact) mass is 468 g/mol. The molecule has 4 nitrogen and oxygen atoms in total. The zero-order valence-electron chi connectivity index (χ0n) is 22.5. The third kappa shape index (κ3) is 22.5. The summed E-state index contributed by atoms with van der Waals surface area (Å²) in [4.78, 5) is 24.2. The second kappa shape index (κ2) is 25.6. The van der Waals surface area contributed by atoms with E-state index in [4.69, 9.17) is 9.47 Å². The maximum absolute atomic E-state index is 12.3. The van der Waals surface area contributed by atoms with Gasteiger partial charge in [-0.2, -0.15) is 0 Å². The zero-order chi connectivity index (χ0) is 24.4. The Bertz CT molecular complexity index is 435. The number of ether oxygens (including phenoxy) is 2. The number of hydrogen-bond acceptors (Lipinski definition) is 4. The minimum Gasteiger partial charge on any atom is -0.462 e. The van der Waals surface area contributed by atoms with Crippen LogP contribution in [0.3, 0.4) is 0 Å². The fraction of sp³-hybridized carbons (Fsp3) is 0.931. The van der Waals surface area contributed by atoms with E-state index in [-0.39, 0.29) is 31.1 Å². The molecular formula is C29H56O4. The van der Waals surface area contributed by atoms with E-state index in [2.05, 4.69) is 20.8 Å². The standard InChI is InChI=1S/C29H56O4/c1-4-7-9-11-12-13-14-15-16-17-18-19-21-24-28(30)32-25-26-33-29(31)27(22-6-3)23-20-10-8-5-2/h27H,4-26H2,1-3H3/t27-/m1/s1. The number of carbonyl (C=O) groups is 2. The molecule has 0 aromatic rings. The van der Waals surface area contributed by atoms with Crippen LogP contribution in [0, 0.1) is 5.92 Å². The summed E-state index contributed by atoms with van der Waals surface area (Å²) in [6, 6.07) is 0. The Morgan fingerprint density at radius 2 is 0.970 bits per heavy atom. The molecule has 4 heteroatoms. The van der Waals surface area contributed by atoms with Gasteiger partial charge in [0.2, 0.25) is 0 Å². The van der Waals surface area contributed by atoms with Crippen molar-refractivity contribution in [1.29, 1.82) is 0 Å². The fourth-order valence-electron chi connectivity index (χ4n) is 4.32. The van der Waals surface area contributed by atoms with E-state index in [1.54, 1.807) is 0 Å². The molecule has 0 unspecified atom stereocenters. The quantitative estimate of drug-likeness (QED) is 0.0991. The second-order valence-corrected chi connectivity index (χ2v) is 9.72. The molecule has 0 bridgehead atoms. The minimum atomic E-state index is -0.168. The molecule has 0 N–H and O–H groups in total. The molecule has 0 aliphatic carbocycles. The molecule has 33 heavy (non-hydrogen) atoms. The molecule has 0 aliphatic heterocycles. The summed E-state index contributed by atoms with van der Waals surface area (Å²) in [5.74, 6) is -0.298. The maximum atomic E-state index is 12.3. The van der Waals surface area contributed by atoms with Crippen molar-refractivity contribution in [3.05, 3.63) is 0 Å². The van der Waals surface area contributed by atoms with Crippen molar-refractivity contribution >= 4 is 11.9 Å². The van der Waals surface area contributed by atoms with Crippen LogP contribution in [-0.2, 0) is 19.1 Å². The van der Waals surface area contributed by atoms with Crippen molar-refractivity contribution in [2.45, 2.75) is 156 Å². The second-order valence-electron chi connectivity index (χ2n) is 9.72. The first-order chi connectivity index (χ1) is 16.2. The van der Waals surface area contributed by atoms with Gasteiger partial charge >= 0.3 is 11.9 Å². The first-order valence-electron chi connectivity index (χ1n) is 14.5. The first-order valence-corrected chi connectivity index (χ1v) is 14.5. The van der Waals surface area contributed by atoms with Crippen LogP contribution >= 0.6 is 0 Å². The average Bonchev–Trinajstić information content (AvgIpc) is 2.81. The summed E-state index contributed by atoms with van der Waals surface area (Å²) in [6.07, 6.45) is 24.8. The van der Waals surface area contributed by atoms with Gasteiger partial charge in [0.05, 0.1) is 5.92 Å². The Morgan fingerprint density at radius 1 is 0.515 bits per heavy atom. The predicted molar refractivity (Wildman–Crippen MR) is 139 cm³/mol. The number of unbranched alkanes of at least 4 members (excludes halogenated alkanes) is 15. The topological polar surface area (TPSA) is 52.6 Å². The highest BCUT2D eigenvalue weighted by Gasteiger charge is 2.18. The fourth-order valence-corrected chi connectivity index (χ4v) is 4.32. The number of esters is 2. The lowest BCUT2D eigenvalue weighted by Crippen LogP contribution is -2.21. The van der Waals surface area contributed by atoms with Crippen LogP contribution in [0.1, 0.15) is 156 Å². The summed E-state index contributed by atoms with van der Waals surface area (Å²) in [5, 5.41) is 0. The van der Waals surface area contributed by atoms with E-state index < -0.39 is 0 Å². The Hall–Kier alpha value is -1.06. The van der Waals surface area contributed by atoms with Crippen LogP contribution in [0.5, 0.6) is 0 Å². The van der Waals surface area contributed by atoms with Crippen LogP contribution < -0.4 is 0 Å². The highest BCUT2D eigenvalue weighted by molar-refractivity contribution is 5.72. The van der Waals surface area contributed by atoms with Crippen molar-refractivity contribution in [3.8, 4) is 0 Å². The largest absolute Gasteiger partial charge is 0.462 e. The van der Waals surface area contributed by atoms with E-state index >= 15 is 0 Å². The van der Waals surface area contributed by atoms with Gasteiger partial charge in [0.15, 0.2) is 0 Å². The predicted octanol–water partition coefficient (Wildman–Crippen LogP) is 8.94. The first kappa shape index (κ1) is 31.9. The number of hydrogen-bond donors (Lipinski definition) is 0. The molecule has 0 fully saturated rings. The maximum Gasteiger partial charge on any atom is 0.309 e. The van der Waals surface area contributed by atoms with Gasteiger partial charge < -0.3 is 9.47 Å². The molecule has 0 radical (unpaired) electrons. The lowest BCUT2D eigenvalue weighted by atomic mass is 9.96. The smallest absolute Gasteiger partial charge is 0.309 e. The molecule has 0 heterocycles. The van der Waals surface area contributed by atoms with E-state index in [0.29, 0.717) is 6.42 Å². The lowest BCUT2D eigenvalue weighted by Gasteiger charge is -2.15. The van der Waals surface area contributed by atoms with Crippen molar-refractivity contribution < 1.29 is 19.1 Å². The molecule has 0 spiro atoms. The molecule has 196 valence electrons. The molecule has 0 amide bonds. The van der Waals surface area contributed by atoms with Crippen molar-refractivity contribution in [2.24, 2.45) is 5.92 Å². The zero-order valence-corrected chi connectivity index (χ0v) is 22.5. The van der Waals surface area contributed by atoms with Crippen LogP contribution in [0.25, 0.3) is 0 Å². The van der Waals surface area contributed by atoms with E-state index in [9.17, 15) is 9.59 Å². The number of rotatable bonds is 25. The van der Waals surface area contributed by atoms with Crippen LogP contribution in [0.15, 0.2) is 0 Å². The molecule has 0 aromatic carbocycles. The van der Waals surface area contributed by atoms with Crippen LogP contribution in [0.4, 0.5) is 0 Å². The van der Waals surface area contributed by atoms with E-state index in [1.165, 1.54) is 89.9 Å². The minimum absolute atomic E-state index is 0.00616. The molecular weight excluding hydrogens is 412 g/mol. The van der Waals surface area contributed by atoms with Gasteiger partial charge in [0, 0.05) is 6.42 Å². The summed E-state index contributed by atoms with van der Waals surface area (Å²) >= 11 is 0. The third-order valence-electron chi connectivity index (χ3n) is 6.45. The molecule has 0 saturated carbocycles. The van der Waals surface area contributed by atoms with Gasteiger partial charge in [-0.25, -0.2) is 0 Å². The molecule has 0 aromatic heterocycles. The van der Waals surface area contributed by atoms with Crippen molar-refractivity contribution in [2.75, 3.05) is 13.2 Å². The van der Waals surface area contributed by atoms with E-state index in [0.717, 1.165) is 38.5 Å². The van der Waals surface area contributed by atoms with Gasteiger partial charge in [-0.05, 0) is 19.3 Å².